The number of benzene rings is 2. The minimum absolute atomic E-state index is 0.147. The molecule has 2 aromatic carbocycles. The number of amides is 1. The maximum Gasteiger partial charge on any atom is 0.250 e. The van der Waals surface area contributed by atoms with E-state index in [1.54, 1.807) is 30.3 Å². The van der Waals surface area contributed by atoms with Gasteiger partial charge in [-0.15, -0.1) is 11.3 Å². The lowest BCUT2D eigenvalue weighted by Crippen LogP contribution is -2.45. The second-order valence-corrected chi connectivity index (χ2v) is 11.2. The Labute approximate surface area is 184 Å². The van der Waals surface area contributed by atoms with Crippen molar-refractivity contribution in [3.8, 4) is 0 Å². The molecule has 5 nitrogen and oxygen atoms in total. The highest BCUT2D eigenvalue weighted by molar-refractivity contribution is 9.11. The van der Waals surface area contributed by atoms with Crippen molar-refractivity contribution in [1.29, 1.82) is 0 Å². The molecule has 1 amide bonds. The average molecular weight is 544 g/mol. The van der Waals surface area contributed by atoms with Crippen LogP contribution < -0.4 is 10.0 Å². The monoisotopic (exact) mass is 542 g/mol. The number of thiophene rings is 1. The molecule has 0 saturated carbocycles. The van der Waals surface area contributed by atoms with E-state index >= 15 is 0 Å². The first kappa shape index (κ1) is 21.2. The van der Waals surface area contributed by atoms with Crippen molar-refractivity contribution in [2.75, 3.05) is 5.32 Å². The Kier molecular flexibility index (Phi) is 7.05. The lowest BCUT2D eigenvalue weighted by Gasteiger charge is -2.18. The van der Waals surface area contributed by atoms with Gasteiger partial charge in [0.05, 0.1) is 3.79 Å². The molecular formula is C19H16Br2N2O3S2. The number of hydrogen-bond acceptors (Lipinski definition) is 4. The van der Waals surface area contributed by atoms with E-state index in [1.165, 1.54) is 6.07 Å². The molecule has 146 valence electrons. The molecule has 28 heavy (non-hydrogen) atoms. The molecule has 1 aromatic heterocycles. The number of carbonyl (C=O) groups is 1. The van der Waals surface area contributed by atoms with Gasteiger partial charge in [0.1, 0.15) is 10.3 Å². The van der Waals surface area contributed by atoms with Crippen molar-refractivity contribution in [2.24, 2.45) is 0 Å². The first-order chi connectivity index (χ1) is 13.3. The van der Waals surface area contributed by atoms with Crippen LogP contribution in [-0.4, -0.2) is 20.4 Å². The van der Waals surface area contributed by atoms with E-state index in [4.69, 9.17) is 0 Å². The van der Waals surface area contributed by atoms with Crippen LogP contribution >= 0.6 is 43.2 Å². The highest BCUT2D eigenvalue weighted by atomic mass is 79.9. The molecule has 0 saturated heterocycles. The first-order valence-corrected chi connectivity index (χ1v) is 12.1. The Hall–Kier alpha value is -1.52. The SMILES string of the molecule is O=C(Nc1ccc(Br)cc1)C(Cc1ccccc1)NS(=O)(=O)c1ccc(Br)s1. The third-order valence-electron chi connectivity index (χ3n) is 3.82. The van der Waals surface area contributed by atoms with Gasteiger partial charge in [-0.1, -0.05) is 46.3 Å². The predicted molar refractivity (Wildman–Crippen MR) is 119 cm³/mol. The summed E-state index contributed by atoms with van der Waals surface area (Å²) in [5.74, 6) is -0.426. The van der Waals surface area contributed by atoms with Crippen molar-refractivity contribution in [2.45, 2.75) is 16.7 Å². The van der Waals surface area contributed by atoms with Crippen LogP contribution in [0.25, 0.3) is 0 Å². The molecule has 2 N–H and O–H groups in total. The normalized spacial score (nSPS) is 12.5. The van der Waals surface area contributed by atoms with Crippen LogP contribution in [-0.2, 0) is 21.2 Å². The minimum Gasteiger partial charge on any atom is -0.325 e. The quantitative estimate of drug-likeness (QED) is 0.449. The van der Waals surface area contributed by atoms with E-state index in [2.05, 4.69) is 41.9 Å². The maximum atomic E-state index is 12.9. The highest BCUT2D eigenvalue weighted by Crippen LogP contribution is 2.26. The van der Waals surface area contributed by atoms with Crippen LogP contribution in [0.15, 0.2) is 79.2 Å². The van der Waals surface area contributed by atoms with E-state index in [0.717, 1.165) is 21.4 Å². The molecule has 0 spiro atoms. The third kappa shape index (κ3) is 5.74. The number of hydrogen-bond donors (Lipinski definition) is 2. The molecule has 0 aliphatic carbocycles. The fraction of sp³-hybridized carbons (Fsp3) is 0.105. The van der Waals surface area contributed by atoms with Crippen molar-refractivity contribution in [3.05, 3.63) is 80.6 Å². The fourth-order valence-electron chi connectivity index (χ4n) is 2.49. The van der Waals surface area contributed by atoms with Gasteiger partial charge in [0.2, 0.25) is 5.91 Å². The van der Waals surface area contributed by atoms with E-state index in [1.807, 2.05) is 30.3 Å². The summed E-state index contributed by atoms with van der Waals surface area (Å²) in [6.07, 6.45) is 0.231. The summed E-state index contributed by atoms with van der Waals surface area (Å²) in [5.41, 5.74) is 1.44. The topological polar surface area (TPSA) is 75.3 Å². The average Bonchev–Trinajstić information content (AvgIpc) is 3.11. The highest BCUT2D eigenvalue weighted by Gasteiger charge is 2.27. The molecule has 0 aliphatic rings. The lowest BCUT2D eigenvalue weighted by atomic mass is 10.1. The summed E-state index contributed by atoms with van der Waals surface area (Å²) in [4.78, 5) is 12.9. The third-order valence-corrected chi connectivity index (χ3v) is 7.94. The van der Waals surface area contributed by atoms with Gasteiger partial charge in [-0.3, -0.25) is 4.79 Å². The van der Waals surface area contributed by atoms with Gasteiger partial charge < -0.3 is 5.32 Å². The molecular weight excluding hydrogens is 528 g/mol. The van der Waals surface area contributed by atoms with Crippen molar-refractivity contribution < 1.29 is 13.2 Å². The standard InChI is InChI=1S/C19H16Br2N2O3S2/c20-14-6-8-15(9-7-14)22-19(24)16(12-13-4-2-1-3-5-13)23-28(25,26)18-11-10-17(21)27-18/h1-11,16,23H,12H2,(H,22,24). The number of sulfonamides is 1. The molecule has 0 aliphatic heterocycles. The van der Waals surface area contributed by atoms with E-state index in [0.29, 0.717) is 9.47 Å². The molecule has 3 rings (SSSR count). The second kappa shape index (κ2) is 9.32. The molecule has 1 atom stereocenters. The lowest BCUT2D eigenvalue weighted by molar-refractivity contribution is -0.117. The zero-order chi connectivity index (χ0) is 20.1. The number of carbonyl (C=O) groups excluding carboxylic acids is 1. The van der Waals surface area contributed by atoms with Gasteiger partial charge in [0.25, 0.3) is 10.0 Å². The van der Waals surface area contributed by atoms with E-state index in [-0.39, 0.29) is 10.6 Å². The summed E-state index contributed by atoms with van der Waals surface area (Å²) in [7, 11) is -3.83. The minimum atomic E-state index is -3.83. The van der Waals surface area contributed by atoms with Crippen LogP contribution in [0.2, 0.25) is 0 Å². The van der Waals surface area contributed by atoms with Crippen molar-refractivity contribution >= 4 is 64.8 Å². The summed E-state index contributed by atoms with van der Waals surface area (Å²) in [6.45, 7) is 0. The smallest absolute Gasteiger partial charge is 0.250 e. The summed E-state index contributed by atoms with van der Waals surface area (Å²) < 4.78 is 29.8. The number of nitrogens with one attached hydrogen (secondary N) is 2. The van der Waals surface area contributed by atoms with Gasteiger partial charge in [-0.05, 0) is 64.3 Å². The van der Waals surface area contributed by atoms with E-state index in [9.17, 15) is 13.2 Å². The molecule has 0 radical (unpaired) electrons. The Bertz CT molecular complexity index is 1050. The summed E-state index contributed by atoms with van der Waals surface area (Å²) in [5, 5.41) is 2.78. The second-order valence-electron chi connectivity index (χ2n) is 5.92. The van der Waals surface area contributed by atoms with Crippen molar-refractivity contribution in [1.82, 2.24) is 4.72 Å². The molecule has 0 fully saturated rings. The van der Waals surface area contributed by atoms with Crippen LogP contribution in [0.4, 0.5) is 5.69 Å². The predicted octanol–water partition coefficient (Wildman–Crippen LogP) is 4.80. The molecule has 9 heteroatoms. The van der Waals surface area contributed by atoms with Crippen LogP contribution in [0.5, 0.6) is 0 Å². The number of anilines is 1. The van der Waals surface area contributed by atoms with Crippen molar-refractivity contribution in [3.63, 3.8) is 0 Å². The Morgan fingerprint density at radius 3 is 2.25 bits per heavy atom. The van der Waals surface area contributed by atoms with Gasteiger partial charge in [-0.2, -0.15) is 4.72 Å². The Morgan fingerprint density at radius 2 is 1.64 bits per heavy atom. The van der Waals surface area contributed by atoms with Gasteiger partial charge in [-0.25, -0.2) is 8.42 Å². The fourth-order valence-corrected chi connectivity index (χ4v) is 5.97. The van der Waals surface area contributed by atoms with Crippen LogP contribution in [0.3, 0.4) is 0 Å². The maximum absolute atomic E-state index is 12.9. The number of halogens is 2. The first-order valence-electron chi connectivity index (χ1n) is 8.21. The largest absolute Gasteiger partial charge is 0.325 e. The zero-order valence-corrected chi connectivity index (χ0v) is 19.2. The Balaban J connectivity index is 1.83. The number of rotatable bonds is 7. The van der Waals surface area contributed by atoms with Crippen LogP contribution in [0, 0.1) is 0 Å². The summed E-state index contributed by atoms with van der Waals surface area (Å²) >= 11 is 7.70. The van der Waals surface area contributed by atoms with Crippen LogP contribution in [0.1, 0.15) is 5.56 Å². The molecule has 1 heterocycles. The molecule has 0 bridgehead atoms. The Morgan fingerprint density at radius 1 is 0.964 bits per heavy atom. The summed E-state index contributed by atoms with van der Waals surface area (Å²) in [6, 6.07) is 18.6. The van der Waals surface area contributed by atoms with E-state index < -0.39 is 22.0 Å². The van der Waals surface area contributed by atoms with Gasteiger partial charge in [0.15, 0.2) is 0 Å². The molecule has 1 unspecified atom stereocenters. The van der Waals surface area contributed by atoms with Gasteiger partial charge in [0, 0.05) is 10.2 Å². The van der Waals surface area contributed by atoms with Gasteiger partial charge >= 0.3 is 0 Å². The zero-order valence-electron chi connectivity index (χ0n) is 14.4. The molecule has 3 aromatic rings.